The van der Waals surface area contributed by atoms with Crippen LogP contribution in [0, 0.1) is 17.7 Å². The van der Waals surface area contributed by atoms with Crippen LogP contribution in [0.25, 0.3) is 11.1 Å². The van der Waals surface area contributed by atoms with Crippen molar-refractivity contribution in [3.8, 4) is 16.9 Å². The quantitative estimate of drug-likeness (QED) is 0.493. The van der Waals surface area contributed by atoms with Gasteiger partial charge in [-0.3, -0.25) is 9.48 Å². The second-order valence-electron chi connectivity index (χ2n) is 7.84. The van der Waals surface area contributed by atoms with Crippen LogP contribution in [0.4, 0.5) is 10.2 Å². The Balaban J connectivity index is 1.46. The number of aromatic nitrogens is 3. The van der Waals surface area contributed by atoms with Crippen molar-refractivity contribution in [1.29, 1.82) is 0 Å². The van der Waals surface area contributed by atoms with Crippen LogP contribution in [0.3, 0.4) is 0 Å². The zero-order valence-corrected chi connectivity index (χ0v) is 18.6. The minimum atomic E-state index is -0.532. The van der Waals surface area contributed by atoms with Crippen molar-refractivity contribution < 1.29 is 18.7 Å². The lowest BCUT2D eigenvalue weighted by Gasteiger charge is -2.18. The van der Waals surface area contributed by atoms with E-state index >= 15 is 0 Å². The van der Waals surface area contributed by atoms with E-state index < -0.39 is 11.9 Å². The number of nitrogens with zero attached hydrogens (tertiary/aromatic N) is 3. The molecule has 32 heavy (non-hydrogen) atoms. The fraction of sp³-hybridized carbons (Fsp3) is 0.348. The summed E-state index contributed by atoms with van der Waals surface area (Å²) in [5.41, 5.74) is 8.13. The van der Waals surface area contributed by atoms with Crippen molar-refractivity contribution in [2.24, 2.45) is 11.8 Å². The van der Waals surface area contributed by atoms with Crippen LogP contribution in [-0.4, -0.2) is 27.3 Å². The van der Waals surface area contributed by atoms with Gasteiger partial charge in [-0.2, -0.15) is 5.10 Å². The maximum Gasteiger partial charge on any atom is 0.309 e. The molecule has 168 valence electrons. The summed E-state index contributed by atoms with van der Waals surface area (Å²) in [6.45, 7) is 4.61. The third kappa shape index (κ3) is 4.85. The molecule has 4 rings (SSSR count). The molecule has 0 spiro atoms. The number of hydrogen-bond donors (Lipinski definition) is 1. The van der Waals surface area contributed by atoms with Gasteiger partial charge in [-0.15, -0.1) is 0 Å². The maximum atomic E-state index is 13.6. The summed E-state index contributed by atoms with van der Waals surface area (Å²) in [5.74, 6) is 0.248. The van der Waals surface area contributed by atoms with Gasteiger partial charge < -0.3 is 15.2 Å². The molecule has 3 atom stereocenters. The Morgan fingerprint density at radius 1 is 1.34 bits per heavy atom. The molecule has 1 fully saturated rings. The summed E-state index contributed by atoms with van der Waals surface area (Å²) in [5, 5.41) is 4.81. The number of rotatable bonds is 8. The molecule has 9 heteroatoms. The summed E-state index contributed by atoms with van der Waals surface area (Å²) in [6.07, 6.45) is 5.54. The average Bonchev–Trinajstić information content (AvgIpc) is 3.37. The summed E-state index contributed by atoms with van der Waals surface area (Å²) in [7, 11) is 0. The van der Waals surface area contributed by atoms with Crippen LogP contribution in [0.2, 0.25) is 5.02 Å². The number of halogens is 2. The molecule has 0 bridgehead atoms. The standard InChI is InChI=1S/C23H24ClFN4O3/c1-3-31-23(30)19-6-15(19)11-29-12-16(10-28-29)14-7-21(22(26)27-9-14)32-13(2)18-8-17(25)4-5-20(18)24/h4-5,7-10,12-13,15,19H,3,6,11H2,1-2H3,(H2,26,27). The monoisotopic (exact) mass is 458 g/mol. The Morgan fingerprint density at radius 2 is 2.16 bits per heavy atom. The minimum Gasteiger partial charge on any atom is -0.482 e. The largest absolute Gasteiger partial charge is 0.482 e. The molecule has 1 aliphatic carbocycles. The highest BCUT2D eigenvalue weighted by atomic mass is 35.5. The van der Waals surface area contributed by atoms with E-state index in [1.807, 2.05) is 10.9 Å². The molecule has 1 saturated carbocycles. The van der Waals surface area contributed by atoms with Crippen molar-refractivity contribution in [2.75, 3.05) is 12.3 Å². The smallest absolute Gasteiger partial charge is 0.309 e. The van der Waals surface area contributed by atoms with Crippen LogP contribution in [0.1, 0.15) is 31.9 Å². The van der Waals surface area contributed by atoms with Gasteiger partial charge in [-0.05, 0) is 50.5 Å². The molecule has 2 heterocycles. The Kier molecular flexibility index (Phi) is 6.32. The number of carbonyl (C=O) groups is 1. The van der Waals surface area contributed by atoms with Gasteiger partial charge in [0.15, 0.2) is 11.6 Å². The van der Waals surface area contributed by atoms with E-state index in [4.69, 9.17) is 26.8 Å². The Hall–Kier alpha value is -3.13. The highest BCUT2D eigenvalue weighted by Gasteiger charge is 2.44. The molecule has 0 aliphatic heterocycles. The van der Waals surface area contributed by atoms with Gasteiger partial charge in [-0.25, -0.2) is 9.37 Å². The van der Waals surface area contributed by atoms with Crippen LogP contribution in [-0.2, 0) is 16.1 Å². The van der Waals surface area contributed by atoms with Gasteiger partial charge in [0.05, 0.1) is 18.7 Å². The van der Waals surface area contributed by atoms with Crippen LogP contribution >= 0.6 is 11.6 Å². The minimum absolute atomic E-state index is 0.0445. The summed E-state index contributed by atoms with van der Waals surface area (Å²) in [4.78, 5) is 16.0. The molecule has 0 amide bonds. The number of benzene rings is 1. The van der Waals surface area contributed by atoms with Crippen molar-refractivity contribution in [3.05, 3.63) is 59.3 Å². The number of hydrogen-bond acceptors (Lipinski definition) is 6. The first-order chi connectivity index (χ1) is 15.4. The van der Waals surface area contributed by atoms with E-state index in [9.17, 15) is 9.18 Å². The van der Waals surface area contributed by atoms with Crippen molar-refractivity contribution in [1.82, 2.24) is 14.8 Å². The van der Waals surface area contributed by atoms with E-state index in [0.717, 1.165) is 17.5 Å². The maximum absolute atomic E-state index is 13.6. The third-order valence-corrected chi connectivity index (χ3v) is 5.83. The first-order valence-electron chi connectivity index (χ1n) is 10.4. The van der Waals surface area contributed by atoms with E-state index in [1.165, 1.54) is 18.2 Å². The average molecular weight is 459 g/mol. The number of carbonyl (C=O) groups excluding carboxylic acids is 1. The molecule has 0 saturated heterocycles. The van der Waals surface area contributed by atoms with Crippen LogP contribution in [0.5, 0.6) is 5.75 Å². The Bertz CT molecular complexity index is 1140. The number of nitrogen functional groups attached to an aromatic ring is 1. The molecule has 1 aliphatic rings. The van der Waals surface area contributed by atoms with Gasteiger partial charge in [0.1, 0.15) is 11.9 Å². The molecule has 1 aromatic carbocycles. The van der Waals surface area contributed by atoms with Crippen LogP contribution in [0.15, 0.2) is 42.9 Å². The second kappa shape index (κ2) is 9.16. The van der Waals surface area contributed by atoms with Gasteiger partial charge >= 0.3 is 5.97 Å². The molecule has 2 N–H and O–H groups in total. The number of pyridine rings is 1. The number of nitrogens with two attached hydrogens (primary N) is 1. The summed E-state index contributed by atoms with van der Waals surface area (Å²) in [6, 6.07) is 5.89. The molecule has 3 aromatic rings. The first kappa shape index (κ1) is 22.1. The zero-order chi connectivity index (χ0) is 22.8. The van der Waals surface area contributed by atoms with Crippen molar-refractivity contribution in [2.45, 2.75) is 32.9 Å². The molecule has 2 aromatic heterocycles. The highest BCUT2D eigenvalue weighted by Crippen LogP contribution is 2.41. The lowest BCUT2D eigenvalue weighted by atomic mass is 10.1. The van der Waals surface area contributed by atoms with E-state index in [1.54, 1.807) is 32.3 Å². The van der Waals surface area contributed by atoms with Crippen LogP contribution < -0.4 is 10.5 Å². The summed E-state index contributed by atoms with van der Waals surface area (Å²) >= 11 is 6.19. The molecule has 3 unspecified atom stereocenters. The van der Waals surface area contributed by atoms with Gasteiger partial charge in [0, 0.05) is 40.7 Å². The highest BCUT2D eigenvalue weighted by molar-refractivity contribution is 6.31. The normalized spacial score (nSPS) is 18.2. The van der Waals surface area contributed by atoms with E-state index in [0.29, 0.717) is 29.5 Å². The molecule has 0 radical (unpaired) electrons. The Morgan fingerprint density at radius 3 is 2.94 bits per heavy atom. The number of esters is 1. The van der Waals surface area contributed by atoms with Crippen molar-refractivity contribution >= 4 is 23.4 Å². The lowest BCUT2D eigenvalue weighted by molar-refractivity contribution is -0.145. The number of ether oxygens (including phenoxy) is 2. The fourth-order valence-electron chi connectivity index (χ4n) is 3.63. The van der Waals surface area contributed by atoms with Gasteiger partial charge in [0.2, 0.25) is 0 Å². The second-order valence-corrected chi connectivity index (χ2v) is 8.25. The third-order valence-electron chi connectivity index (χ3n) is 5.48. The molecular weight excluding hydrogens is 435 g/mol. The molecular formula is C23H24ClFN4O3. The Labute approximate surface area is 190 Å². The van der Waals surface area contributed by atoms with E-state index in [2.05, 4.69) is 10.1 Å². The van der Waals surface area contributed by atoms with Gasteiger partial charge in [-0.1, -0.05) is 11.6 Å². The summed E-state index contributed by atoms with van der Waals surface area (Å²) < 4.78 is 26.5. The zero-order valence-electron chi connectivity index (χ0n) is 17.8. The first-order valence-corrected chi connectivity index (χ1v) is 10.8. The predicted octanol–water partition coefficient (Wildman–Crippen LogP) is 4.66. The van der Waals surface area contributed by atoms with Crippen molar-refractivity contribution in [3.63, 3.8) is 0 Å². The number of anilines is 1. The predicted molar refractivity (Wildman–Crippen MR) is 119 cm³/mol. The topological polar surface area (TPSA) is 92.3 Å². The van der Waals surface area contributed by atoms with Gasteiger partial charge in [0.25, 0.3) is 0 Å². The molecule has 7 nitrogen and oxygen atoms in total. The fourth-order valence-corrected chi connectivity index (χ4v) is 3.90. The SMILES string of the molecule is CCOC(=O)C1CC1Cn1cc(-c2cnc(N)c(OC(C)c3cc(F)ccc3Cl)c2)cn1. The van der Waals surface area contributed by atoms with E-state index in [-0.39, 0.29) is 23.6 Å². The lowest BCUT2D eigenvalue weighted by Crippen LogP contribution is -2.10.